The van der Waals surface area contributed by atoms with Crippen molar-refractivity contribution in [3.05, 3.63) is 64.7 Å². The Morgan fingerprint density at radius 2 is 1.82 bits per heavy atom. The second-order valence-electron chi connectivity index (χ2n) is 7.15. The van der Waals surface area contributed by atoms with Crippen LogP contribution in [0.3, 0.4) is 0 Å². The summed E-state index contributed by atoms with van der Waals surface area (Å²) in [4.78, 5) is 14.4. The predicted octanol–water partition coefficient (Wildman–Crippen LogP) is 4.16. The summed E-state index contributed by atoms with van der Waals surface area (Å²) in [5, 5.41) is 9.34. The molecule has 0 aliphatic rings. The number of carbonyl (C=O) groups excluding carboxylic acids is 1. The molecule has 2 aromatic carbocycles. The molecule has 0 saturated carbocycles. The maximum atomic E-state index is 12.6. The van der Waals surface area contributed by atoms with Crippen LogP contribution in [0.5, 0.6) is 0 Å². The third kappa shape index (κ3) is 4.44. The lowest BCUT2D eigenvalue weighted by molar-refractivity contribution is -0.127. The van der Waals surface area contributed by atoms with Crippen molar-refractivity contribution in [1.82, 2.24) is 19.7 Å². The van der Waals surface area contributed by atoms with E-state index >= 15 is 0 Å². The van der Waals surface area contributed by atoms with Crippen LogP contribution in [0.1, 0.15) is 22.3 Å². The number of hydrogen-bond acceptors (Lipinski definition) is 4. The van der Waals surface area contributed by atoms with Crippen LogP contribution in [0, 0.1) is 20.8 Å². The van der Waals surface area contributed by atoms with Crippen LogP contribution in [0.25, 0.3) is 11.4 Å². The lowest BCUT2D eigenvalue weighted by Gasteiger charge is -2.18. The summed E-state index contributed by atoms with van der Waals surface area (Å²) >= 11 is 1.42. The molecular weight excluding hydrogens is 368 g/mol. The molecule has 0 unspecified atom stereocenters. The van der Waals surface area contributed by atoms with Gasteiger partial charge in [0.05, 0.1) is 5.75 Å². The fourth-order valence-corrected chi connectivity index (χ4v) is 3.95. The van der Waals surface area contributed by atoms with Gasteiger partial charge >= 0.3 is 0 Å². The summed E-state index contributed by atoms with van der Waals surface area (Å²) < 4.78 is 1.95. The SMILES string of the molecule is Cc1ccc(CN(C)C(=O)CSc2nnc(-c3ccccc3C)n2C)c(C)c1. The van der Waals surface area contributed by atoms with Gasteiger partial charge in [0.2, 0.25) is 5.91 Å². The van der Waals surface area contributed by atoms with E-state index < -0.39 is 0 Å². The second kappa shape index (κ2) is 8.61. The smallest absolute Gasteiger partial charge is 0.233 e. The summed E-state index contributed by atoms with van der Waals surface area (Å²) in [6.45, 7) is 6.83. The zero-order valence-corrected chi connectivity index (χ0v) is 17.9. The van der Waals surface area contributed by atoms with Gasteiger partial charge in [-0.25, -0.2) is 0 Å². The lowest BCUT2D eigenvalue weighted by atomic mass is 10.1. The molecule has 0 aliphatic carbocycles. The first kappa shape index (κ1) is 20.1. The summed E-state index contributed by atoms with van der Waals surface area (Å²) in [6, 6.07) is 14.4. The van der Waals surface area contributed by atoms with Crippen molar-refractivity contribution in [1.29, 1.82) is 0 Å². The van der Waals surface area contributed by atoms with Gasteiger partial charge in [0.25, 0.3) is 0 Å². The molecule has 0 atom stereocenters. The van der Waals surface area contributed by atoms with Crippen LogP contribution >= 0.6 is 11.8 Å². The standard InChI is InChI=1S/C22H26N4OS/c1-15-10-11-18(17(3)12-15)13-25(4)20(27)14-28-22-24-23-21(26(22)5)19-9-7-6-8-16(19)2/h6-12H,13-14H2,1-5H3. The van der Waals surface area contributed by atoms with Gasteiger partial charge in [-0.1, -0.05) is 59.8 Å². The van der Waals surface area contributed by atoms with E-state index in [1.54, 1.807) is 4.90 Å². The van der Waals surface area contributed by atoms with Gasteiger partial charge < -0.3 is 9.47 Å². The minimum absolute atomic E-state index is 0.0745. The lowest BCUT2D eigenvalue weighted by Crippen LogP contribution is -2.28. The molecule has 0 N–H and O–H groups in total. The number of carbonyl (C=O) groups is 1. The second-order valence-corrected chi connectivity index (χ2v) is 8.09. The quantitative estimate of drug-likeness (QED) is 0.589. The maximum absolute atomic E-state index is 12.6. The third-order valence-corrected chi connectivity index (χ3v) is 5.88. The molecule has 28 heavy (non-hydrogen) atoms. The van der Waals surface area contributed by atoms with Crippen molar-refractivity contribution in [3.8, 4) is 11.4 Å². The highest BCUT2D eigenvalue weighted by molar-refractivity contribution is 7.99. The number of hydrogen-bond donors (Lipinski definition) is 0. The van der Waals surface area contributed by atoms with Gasteiger partial charge in [0.1, 0.15) is 0 Å². The Morgan fingerprint density at radius 3 is 2.54 bits per heavy atom. The number of amides is 1. The summed E-state index contributed by atoms with van der Waals surface area (Å²) in [5.41, 5.74) is 5.83. The predicted molar refractivity (Wildman–Crippen MR) is 114 cm³/mol. The molecular formula is C22H26N4OS. The zero-order valence-electron chi connectivity index (χ0n) is 17.1. The molecule has 1 amide bonds. The van der Waals surface area contributed by atoms with E-state index in [4.69, 9.17) is 0 Å². The van der Waals surface area contributed by atoms with Gasteiger partial charge in [-0.3, -0.25) is 4.79 Å². The summed E-state index contributed by atoms with van der Waals surface area (Å²) in [6.07, 6.45) is 0. The highest BCUT2D eigenvalue weighted by Crippen LogP contribution is 2.25. The minimum atomic E-state index is 0.0745. The van der Waals surface area contributed by atoms with Gasteiger partial charge in [-0.05, 0) is 37.5 Å². The number of thioether (sulfide) groups is 1. The first-order valence-electron chi connectivity index (χ1n) is 9.25. The molecule has 0 aliphatic heterocycles. The molecule has 3 aromatic rings. The van der Waals surface area contributed by atoms with Crippen LogP contribution in [0.15, 0.2) is 47.6 Å². The molecule has 0 saturated heterocycles. The topological polar surface area (TPSA) is 51.0 Å². The van der Waals surface area contributed by atoms with Crippen LogP contribution in [-0.4, -0.2) is 38.4 Å². The number of benzene rings is 2. The molecule has 3 rings (SSSR count). The van der Waals surface area contributed by atoms with Crippen molar-refractivity contribution in [2.75, 3.05) is 12.8 Å². The highest BCUT2D eigenvalue weighted by Gasteiger charge is 2.16. The van der Waals surface area contributed by atoms with E-state index in [1.807, 2.05) is 36.9 Å². The Labute approximate surface area is 170 Å². The normalized spacial score (nSPS) is 10.9. The van der Waals surface area contributed by atoms with E-state index in [0.29, 0.717) is 12.3 Å². The summed E-state index contributed by atoms with van der Waals surface area (Å²) in [5.74, 6) is 1.23. The van der Waals surface area contributed by atoms with Gasteiger partial charge in [-0.2, -0.15) is 0 Å². The van der Waals surface area contributed by atoms with Crippen LogP contribution in [0.4, 0.5) is 0 Å². The van der Waals surface area contributed by atoms with Crippen LogP contribution in [0.2, 0.25) is 0 Å². The molecule has 0 radical (unpaired) electrons. The molecule has 6 heteroatoms. The first-order valence-corrected chi connectivity index (χ1v) is 10.2. The number of aromatic nitrogens is 3. The van der Waals surface area contributed by atoms with Crippen molar-refractivity contribution in [2.24, 2.45) is 7.05 Å². The monoisotopic (exact) mass is 394 g/mol. The average Bonchev–Trinajstić information content (AvgIpc) is 3.02. The molecule has 1 aromatic heterocycles. The number of rotatable bonds is 6. The molecule has 0 bridgehead atoms. The Hall–Kier alpha value is -2.60. The number of nitrogens with zero attached hydrogens (tertiary/aromatic N) is 4. The average molecular weight is 395 g/mol. The Kier molecular flexibility index (Phi) is 6.19. The first-order chi connectivity index (χ1) is 13.4. The van der Waals surface area contributed by atoms with Gasteiger partial charge in [0, 0.05) is 26.2 Å². The van der Waals surface area contributed by atoms with Crippen molar-refractivity contribution in [2.45, 2.75) is 32.5 Å². The molecule has 146 valence electrons. The molecule has 0 spiro atoms. The van der Waals surface area contributed by atoms with Crippen LogP contribution in [-0.2, 0) is 18.4 Å². The zero-order chi connectivity index (χ0) is 20.3. The van der Waals surface area contributed by atoms with Gasteiger partial charge in [0.15, 0.2) is 11.0 Å². The van der Waals surface area contributed by atoms with E-state index in [9.17, 15) is 4.79 Å². The molecule has 0 fully saturated rings. The van der Waals surface area contributed by atoms with E-state index in [-0.39, 0.29) is 5.91 Å². The van der Waals surface area contributed by atoms with Gasteiger partial charge in [-0.15, -0.1) is 10.2 Å². The highest BCUT2D eigenvalue weighted by atomic mass is 32.2. The maximum Gasteiger partial charge on any atom is 0.233 e. The Morgan fingerprint density at radius 1 is 1.07 bits per heavy atom. The summed E-state index contributed by atoms with van der Waals surface area (Å²) in [7, 11) is 3.78. The van der Waals surface area contributed by atoms with Crippen LogP contribution < -0.4 is 0 Å². The minimum Gasteiger partial charge on any atom is -0.341 e. The Balaban J connectivity index is 1.64. The van der Waals surface area contributed by atoms with E-state index in [0.717, 1.165) is 22.1 Å². The van der Waals surface area contributed by atoms with E-state index in [1.165, 1.54) is 28.5 Å². The van der Waals surface area contributed by atoms with Crippen molar-refractivity contribution in [3.63, 3.8) is 0 Å². The largest absolute Gasteiger partial charge is 0.341 e. The Bertz CT molecular complexity index is 996. The molecule has 1 heterocycles. The fourth-order valence-electron chi connectivity index (χ4n) is 3.10. The fraction of sp³-hybridized carbons (Fsp3) is 0.318. The van der Waals surface area contributed by atoms with Crippen molar-refractivity contribution < 1.29 is 4.79 Å². The van der Waals surface area contributed by atoms with E-state index in [2.05, 4.69) is 55.2 Å². The third-order valence-electron chi connectivity index (χ3n) is 4.88. The molecule has 5 nitrogen and oxygen atoms in total. The number of aryl methyl sites for hydroxylation is 3. The van der Waals surface area contributed by atoms with Crippen molar-refractivity contribution >= 4 is 17.7 Å².